The summed E-state index contributed by atoms with van der Waals surface area (Å²) >= 11 is 0. The molecule has 1 N–H and O–H groups in total. The Kier molecular flexibility index (Phi) is 4.13. The van der Waals surface area contributed by atoms with Crippen LogP contribution in [0.3, 0.4) is 0 Å². The van der Waals surface area contributed by atoms with E-state index in [2.05, 4.69) is 11.7 Å². The lowest BCUT2D eigenvalue weighted by atomic mass is 9.97. The van der Waals surface area contributed by atoms with Crippen LogP contribution in [0.5, 0.6) is 0 Å². The largest absolute Gasteiger partial charge is 0.478 e. The monoisotopic (exact) mass is 309 g/mol. The van der Waals surface area contributed by atoms with Gasteiger partial charge in [-0.05, 0) is 24.6 Å². The molecule has 1 aromatic rings. The van der Waals surface area contributed by atoms with E-state index in [1.54, 1.807) is 6.92 Å². The molecule has 21 heavy (non-hydrogen) atoms. The number of carboxylic acid groups (broad SMARTS) is 1. The molecule has 0 fully saturated rings. The standard InChI is InChI=1S/C14H15NO5S/c1-3-7-20-15-11-6-8-21(18,19)12-5-4-10(14(16)17)9(2)13(11)12/h3-5H,1,6-8H2,2H3,(H,16,17)/b15-11-. The summed E-state index contributed by atoms with van der Waals surface area (Å²) < 4.78 is 24.2. The van der Waals surface area contributed by atoms with Crippen LogP contribution in [0.4, 0.5) is 0 Å². The second-order valence-electron chi connectivity index (χ2n) is 4.61. The minimum Gasteiger partial charge on any atom is -0.478 e. The third kappa shape index (κ3) is 2.82. The van der Waals surface area contributed by atoms with Crippen molar-refractivity contribution in [2.75, 3.05) is 12.4 Å². The molecule has 0 atom stereocenters. The van der Waals surface area contributed by atoms with Crippen molar-refractivity contribution in [3.05, 3.63) is 41.5 Å². The highest BCUT2D eigenvalue weighted by Gasteiger charge is 2.31. The summed E-state index contributed by atoms with van der Waals surface area (Å²) in [7, 11) is -3.42. The van der Waals surface area contributed by atoms with Crippen LogP contribution in [0.15, 0.2) is 34.8 Å². The predicted octanol–water partition coefficient (Wildman–Crippen LogP) is 1.78. The van der Waals surface area contributed by atoms with E-state index in [1.165, 1.54) is 18.2 Å². The molecule has 0 radical (unpaired) electrons. The van der Waals surface area contributed by atoms with Crippen LogP contribution in [0.25, 0.3) is 0 Å². The summed E-state index contributed by atoms with van der Waals surface area (Å²) in [5, 5.41) is 13.1. The molecular formula is C14H15NO5S. The number of hydrogen-bond acceptors (Lipinski definition) is 5. The van der Waals surface area contributed by atoms with Gasteiger partial charge in [0.05, 0.1) is 21.9 Å². The van der Waals surface area contributed by atoms with Crippen molar-refractivity contribution in [1.29, 1.82) is 0 Å². The van der Waals surface area contributed by atoms with Crippen molar-refractivity contribution in [1.82, 2.24) is 0 Å². The Balaban J connectivity index is 2.65. The topological polar surface area (TPSA) is 93.0 Å². The van der Waals surface area contributed by atoms with E-state index in [4.69, 9.17) is 9.94 Å². The minimum atomic E-state index is -3.42. The molecule has 0 spiro atoms. The van der Waals surface area contributed by atoms with Crippen molar-refractivity contribution < 1.29 is 23.2 Å². The maximum atomic E-state index is 12.1. The number of hydrogen-bond donors (Lipinski definition) is 1. The first kappa shape index (κ1) is 15.2. The van der Waals surface area contributed by atoms with E-state index in [0.29, 0.717) is 16.8 Å². The van der Waals surface area contributed by atoms with Crippen LogP contribution in [0.2, 0.25) is 0 Å². The highest BCUT2D eigenvalue weighted by Crippen LogP contribution is 2.30. The van der Waals surface area contributed by atoms with E-state index in [-0.39, 0.29) is 29.2 Å². The zero-order chi connectivity index (χ0) is 15.6. The van der Waals surface area contributed by atoms with Gasteiger partial charge in [-0.15, -0.1) is 0 Å². The lowest BCUT2D eigenvalue weighted by Crippen LogP contribution is -2.24. The van der Waals surface area contributed by atoms with Crippen LogP contribution < -0.4 is 0 Å². The van der Waals surface area contributed by atoms with Gasteiger partial charge in [0, 0.05) is 12.0 Å². The molecule has 0 aliphatic carbocycles. The molecular weight excluding hydrogens is 294 g/mol. The summed E-state index contributed by atoms with van der Waals surface area (Å²) in [5.41, 5.74) is 1.22. The van der Waals surface area contributed by atoms with Gasteiger partial charge in [0.1, 0.15) is 6.61 Å². The molecule has 1 aliphatic heterocycles. The Morgan fingerprint density at radius 1 is 1.52 bits per heavy atom. The average Bonchev–Trinajstić information content (AvgIpc) is 2.41. The zero-order valence-corrected chi connectivity index (χ0v) is 12.3. The first-order valence-corrected chi connectivity index (χ1v) is 7.93. The highest BCUT2D eigenvalue weighted by molar-refractivity contribution is 7.91. The van der Waals surface area contributed by atoms with Gasteiger partial charge in [-0.3, -0.25) is 0 Å². The van der Waals surface area contributed by atoms with Crippen molar-refractivity contribution in [2.24, 2.45) is 5.16 Å². The van der Waals surface area contributed by atoms with Gasteiger partial charge in [0.2, 0.25) is 0 Å². The SMILES string of the molecule is C=CCO/N=C1/CCS(=O)(=O)c2ccc(C(=O)O)c(C)c21. The van der Waals surface area contributed by atoms with Gasteiger partial charge in [-0.2, -0.15) is 0 Å². The quantitative estimate of drug-likeness (QED) is 0.520. The van der Waals surface area contributed by atoms with Crippen molar-refractivity contribution in [2.45, 2.75) is 18.2 Å². The van der Waals surface area contributed by atoms with Crippen LogP contribution in [-0.4, -0.2) is 37.6 Å². The summed E-state index contributed by atoms with van der Waals surface area (Å²) in [5.74, 6) is -1.17. The lowest BCUT2D eigenvalue weighted by molar-refractivity contribution is 0.0696. The fourth-order valence-electron chi connectivity index (χ4n) is 2.26. The molecule has 0 aromatic heterocycles. The van der Waals surface area contributed by atoms with Crippen LogP contribution >= 0.6 is 0 Å². The zero-order valence-electron chi connectivity index (χ0n) is 11.5. The molecule has 1 aliphatic rings. The van der Waals surface area contributed by atoms with E-state index in [9.17, 15) is 13.2 Å². The third-order valence-corrected chi connectivity index (χ3v) is 5.01. The fourth-order valence-corrected chi connectivity index (χ4v) is 3.80. The maximum absolute atomic E-state index is 12.1. The highest BCUT2D eigenvalue weighted by atomic mass is 32.2. The average molecular weight is 309 g/mol. The maximum Gasteiger partial charge on any atom is 0.335 e. The molecule has 1 aromatic carbocycles. The van der Waals surface area contributed by atoms with Gasteiger partial charge < -0.3 is 9.94 Å². The number of carbonyl (C=O) groups is 1. The van der Waals surface area contributed by atoms with Gasteiger partial charge in [0.15, 0.2) is 9.84 Å². The minimum absolute atomic E-state index is 0.0577. The number of oxime groups is 1. The fraction of sp³-hybridized carbons (Fsp3) is 0.286. The Hall–Kier alpha value is -2.15. The number of carboxylic acids is 1. The Morgan fingerprint density at radius 3 is 2.86 bits per heavy atom. The normalized spacial score (nSPS) is 18.0. The molecule has 0 saturated carbocycles. The Morgan fingerprint density at radius 2 is 2.24 bits per heavy atom. The summed E-state index contributed by atoms with van der Waals surface area (Å²) in [6.45, 7) is 5.27. The van der Waals surface area contributed by atoms with E-state index >= 15 is 0 Å². The summed E-state index contributed by atoms with van der Waals surface area (Å²) in [6, 6.07) is 2.63. The molecule has 1 heterocycles. The third-order valence-electron chi connectivity index (χ3n) is 3.26. The van der Waals surface area contributed by atoms with E-state index in [0.717, 1.165) is 0 Å². The number of aromatic carboxylic acids is 1. The Labute approximate surface area is 122 Å². The Bertz CT molecular complexity index is 734. The second-order valence-corrected chi connectivity index (χ2v) is 6.69. The molecule has 0 amide bonds. The van der Waals surface area contributed by atoms with Crippen molar-refractivity contribution in [3.63, 3.8) is 0 Å². The van der Waals surface area contributed by atoms with Crippen molar-refractivity contribution >= 4 is 21.5 Å². The lowest BCUT2D eigenvalue weighted by Gasteiger charge is -2.21. The van der Waals surface area contributed by atoms with Crippen LogP contribution in [-0.2, 0) is 14.7 Å². The first-order valence-electron chi connectivity index (χ1n) is 6.28. The van der Waals surface area contributed by atoms with E-state index in [1.807, 2.05) is 0 Å². The van der Waals surface area contributed by atoms with Crippen molar-refractivity contribution in [3.8, 4) is 0 Å². The molecule has 2 rings (SSSR count). The second kappa shape index (κ2) is 5.69. The van der Waals surface area contributed by atoms with Gasteiger partial charge in [-0.25, -0.2) is 13.2 Å². The van der Waals surface area contributed by atoms with Gasteiger partial charge >= 0.3 is 5.97 Å². The molecule has 112 valence electrons. The number of nitrogens with zero attached hydrogens (tertiary/aromatic N) is 1. The van der Waals surface area contributed by atoms with Crippen LogP contribution in [0.1, 0.15) is 27.9 Å². The first-order chi connectivity index (χ1) is 9.88. The molecule has 0 saturated heterocycles. The number of fused-ring (bicyclic) bond motifs is 1. The molecule has 0 bridgehead atoms. The van der Waals surface area contributed by atoms with E-state index < -0.39 is 15.8 Å². The smallest absolute Gasteiger partial charge is 0.335 e. The molecule has 0 unspecified atom stereocenters. The van der Waals surface area contributed by atoms with Gasteiger partial charge in [-0.1, -0.05) is 17.8 Å². The number of rotatable bonds is 4. The van der Waals surface area contributed by atoms with Crippen LogP contribution in [0, 0.1) is 6.92 Å². The molecule has 7 heteroatoms. The number of sulfone groups is 1. The van der Waals surface area contributed by atoms with Gasteiger partial charge in [0.25, 0.3) is 0 Å². The number of benzene rings is 1. The predicted molar refractivity (Wildman–Crippen MR) is 77.5 cm³/mol. The molecule has 6 nitrogen and oxygen atoms in total. The summed E-state index contributed by atoms with van der Waals surface area (Å²) in [6.07, 6.45) is 1.71. The summed E-state index contributed by atoms with van der Waals surface area (Å²) in [4.78, 5) is 16.3.